The molecule has 0 saturated heterocycles. The summed E-state index contributed by atoms with van der Waals surface area (Å²) in [6.45, 7) is 11.3. The third-order valence-corrected chi connectivity index (χ3v) is 8.55. The molecule has 46 heavy (non-hydrogen) atoms. The van der Waals surface area contributed by atoms with E-state index in [9.17, 15) is 0 Å². The largest absolute Gasteiger partial charge is 0.398 e. The Balaban J connectivity index is 1.69. The molecular weight excluding hydrogens is 558 g/mol. The van der Waals surface area contributed by atoms with Gasteiger partial charge < -0.3 is 5.73 Å². The van der Waals surface area contributed by atoms with E-state index in [1.54, 1.807) is 0 Å². The Morgan fingerprint density at radius 1 is 0.870 bits per heavy atom. The van der Waals surface area contributed by atoms with Gasteiger partial charge in [0.1, 0.15) is 16.9 Å². The minimum Gasteiger partial charge on any atom is -0.398 e. The number of nitrogens with zero attached hydrogens (tertiary/aromatic N) is 2. The first kappa shape index (κ1) is 30.6. The summed E-state index contributed by atoms with van der Waals surface area (Å²) in [4.78, 5) is 0. The van der Waals surface area contributed by atoms with Crippen molar-refractivity contribution in [3.63, 3.8) is 0 Å². The van der Waals surface area contributed by atoms with Crippen molar-refractivity contribution in [2.24, 2.45) is 5.73 Å². The minimum absolute atomic E-state index is 0.755. The van der Waals surface area contributed by atoms with Gasteiger partial charge in [-0.15, -0.1) is 0 Å². The van der Waals surface area contributed by atoms with E-state index in [4.69, 9.17) is 5.73 Å². The van der Waals surface area contributed by atoms with Gasteiger partial charge in [0.15, 0.2) is 0 Å². The van der Waals surface area contributed by atoms with Crippen LogP contribution in [0.1, 0.15) is 48.9 Å². The van der Waals surface area contributed by atoms with Crippen LogP contribution in [0.2, 0.25) is 0 Å². The van der Waals surface area contributed by atoms with E-state index in [-0.39, 0.29) is 0 Å². The molecule has 4 aromatic carbocycles. The maximum atomic E-state index is 6.68. The molecule has 2 N–H and O–H groups in total. The molecule has 0 radical (unpaired) electrons. The molecule has 228 valence electrons. The van der Waals surface area contributed by atoms with Gasteiger partial charge in [-0.2, -0.15) is 4.58 Å². The molecule has 1 aliphatic heterocycles. The molecule has 0 saturated carbocycles. The number of benzene rings is 4. The predicted molar refractivity (Wildman–Crippen MR) is 198 cm³/mol. The number of allylic oxidation sites excluding steroid dienone is 8. The lowest BCUT2D eigenvalue weighted by Crippen LogP contribution is -2.40. The smallest absolute Gasteiger partial charge is 0.295 e. The maximum Gasteiger partial charge on any atom is 0.295 e. The summed E-state index contributed by atoms with van der Waals surface area (Å²) in [6.07, 6.45) is 16.8. The highest BCUT2D eigenvalue weighted by molar-refractivity contribution is 5.87. The van der Waals surface area contributed by atoms with E-state index in [0.717, 1.165) is 53.2 Å². The van der Waals surface area contributed by atoms with E-state index in [1.807, 2.05) is 30.4 Å². The van der Waals surface area contributed by atoms with Crippen LogP contribution in [0, 0.1) is 6.92 Å². The van der Waals surface area contributed by atoms with Crippen LogP contribution in [0.25, 0.3) is 33.8 Å². The van der Waals surface area contributed by atoms with Crippen molar-refractivity contribution in [3.8, 4) is 0 Å². The average molecular weight is 601 g/mol. The van der Waals surface area contributed by atoms with Crippen molar-refractivity contribution in [2.45, 2.75) is 40.2 Å². The summed E-state index contributed by atoms with van der Waals surface area (Å²) >= 11 is 0. The van der Waals surface area contributed by atoms with Crippen LogP contribution in [0.3, 0.4) is 0 Å². The molecule has 3 heteroatoms. The molecule has 0 aliphatic carbocycles. The number of aryl methyl sites for hydroxylation is 2. The topological polar surface area (TPSA) is 34.0 Å². The van der Waals surface area contributed by atoms with E-state index in [1.165, 1.54) is 38.3 Å². The summed E-state index contributed by atoms with van der Waals surface area (Å²) in [5.41, 5.74) is 19.0. The fourth-order valence-electron chi connectivity index (χ4n) is 6.44. The Bertz CT molecular complexity index is 2170. The molecule has 0 spiro atoms. The summed E-state index contributed by atoms with van der Waals surface area (Å²) in [5.74, 6) is 0. The summed E-state index contributed by atoms with van der Waals surface area (Å²) in [7, 11) is 0. The van der Waals surface area contributed by atoms with Crippen LogP contribution in [-0.2, 0) is 6.54 Å². The van der Waals surface area contributed by atoms with Gasteiger partial charge in [0.05, 0.1) is 11.8 Å². The fourth-order valence-corrected chi connectivity index (χ4v) is 6.44. The number of hydrogen-bond acceptors (Lipinski definition) is 1. The number of nitrogens with two attached hydrogens (primary N) is 1. The van der Waals surface area contributed by atoms with Crippen molar-refractivity contribution in [1.29, 1.82) is 0 Å². The molecule has 2 heterocycles. The predicted octanol–water partition coefficient (Wildman–Crippen LogP) is 9.23. The molecular formula is C43H42N3+. The number of aromatic nitrogens is 1. The Morgan fingerprint density at radius 2 is 1.63 bits per heavy atom. The van der Waals surface area contributed by atoms with Gasteiger partial charge in [0.2, 0.25) is 0 Å². The highest BCUT2D eigenvalue weighted by Crippen LogP contribution is 2.33. The second-order valence-electron chi connectivity index (χ2n) is 11.8. The van der Waals surface area contributed by atoms with Gasteiger partial charge in [-0.3, -0.25) is 0 Å². The minimum atomic E-state index is 0.755. The molecule has 0 amide bonds. The monoisotopic (exact) mass is 600 g/mol. The average Bonchev–Trinajstić information content (AvgIpc) is 3.37. The van der Waals surface area contributed by atoms with Crippen LogP contribution in [0.5, 0.6) is 0 Å². The number of fused-ring (bicyclic) bond motifs is 4. The molecule has 1 aliphatic rings. The van der Waals surface area contributed by atoms with Gasteiger partial charge in [0.25, 0.3) is 5.49 Å². The molecule has 1 aromatic heterocycles. The standard InChI is InChI=1S/C43H42N3/c1-5-7-8-16-26-45-41-22-14-13-21-38(41)39-25-24-32(4)37-20-12-15-23-42(37)46(43(39)45)36-28-31(3)27-35(29-36)34(17-6-2)30-40(44)33-18-10-9-11-19-33/h5,7-15,17-25,27-30H,1,6,16,26,44H2,2-4H3/q+1/b8-7-,25-24?,32-24+,34-17+,37-32?,39-25-,40-30-. The van der Waals surface area contributed by atoms with E-state index >= 15 is 0 Å². The van der Waals surface area contributed by atoms with Crippen molar-refractivity contribution in [3.05, 3.63) is 173 Å². The van der Waals surface area contributed by atoms with Gasteiger partial charge >= 0.3 is 0 Å². The quantitative estimate of drug-likeness (QED) is 0.133. The number of rotatable bonds is 9. The lowest BCUT2D eigenvalue weighted by Gasteiger charge is -2.16. The van der Waals surface area contributed by atoms with E-state index in [0.29, 0.717) is 0 Å². The van der Waals surface area contributed by atoms with Gasteiger partial charge in [-0.05, 0) is 90.6 Å². The second-order valence-corrected chi connectivity index (χ2v) is 11.8. The zero-order valence-electron chi connectivity index (χ0n) is 27.1. The van der Waals surface area contributed by atoms with Crippen LogP contribution in [-0.4, -0.2) is 4.57 Å². The van der Waals surface area contributed by atoms with E-state index in [2.05, 4.69) is 146 Å². The first-order chi connectivity index (χ1) is 22.5. The van der Waals surface area contributed by atoms with Crippen LogP contribution < -0.4 is 21.0 Å². The molecule has 0 bridgehead atoms. The third kappa shape index (κ3) is 6.09. The molecule has 0 fully saturated rings. The SMILES string of the molecule is C=C/C=C\CCn1c2/c(c3ccccc31)=C\C=C(/C)c1ccccc1[N+]=2c1cc(C)cc(C(/C=C(\N)c2ccccc2)=C/CC)c1. The number of para-hydroxylation sites is 2. The molecule has 0 unspecified atom stereocenters. The Morgan fingerprint density at radius 3 is 2.43 bits per heavy atom. The van der Waals surface area contributed by atoms with Gasteiger partial charge in [-0.1, -0.05) is 111 Å². The maximum absolute atomic E-state index is 6.68. The normalized spacial score (nSPS) is 15.4. The molecule has 5 aromatic rings. The summed E-state index contributed by atoms with van der Waals surface area (Å²) < 4.78 is 4.96. The lowest BCUT2D eigenvalue weighted by molar-refractivity contribution is 0.674. The zero-order valence-corrected chi connectivity index (χ0v) is 27.1. The fraction of sp³-hybridized carbons (Fsp3) is 0.140. The highest BCUT2D eigenvalue weighted by atomic mass is 15.1. The van der Waals surface area contributed by atoms with Gasteiger partial charge in [0, 0.05) is 23.1 Å². The van der Waals surface area contributed by atoms with Crippen molar-refractivity contribution >= 4 is 45.2 Å². The van der Waals surface area contributed by atoms with Crippen molar-refractivity contribution in [1.82, 2.24) is 9.14 Å². The third-order valence-electron chi connectivity index (χ3n) is 8.55. The lowest BCUT2D eigenvalue weighted by atomic mass is 9.98. The first-order valence-electron chi connectivity index (χ1n) is 16.1. The number of hydrogen-bond donors (Lipinski definition) is 1. The molecule has 3 nitrogen and oxygen atoms in total. The summed E-state index contributed by atoms with van der Waals surface area (Å²) in [5, 5.41) is 2.47. The zero-order chi connectivity index (χ0) is 32.0. The molecule has 6 rings (SSSR count). The first-order valence-corrected chi connectivity index (χ1v) is 16.1. The van der Waals surface area contributed by atoms with Crippen molar-refractivity contribution < 1.29 is 0 Å². The van der Waals surface area contributed by atoms with Crippen molar-refractivity contribution in [2.75, 3.05) is 0 Å². The van der Waals surface area contributed by atoms with Crippen LogP contribution in [0.4, 0.5) is 11.4 Å². The second kappa shape index (κ2) is 13.7. The Labute approximate surface area is 272 Å². The van der Waals surface area contributed by atoms with Crippen LogP contribution >= 0.6 is 0 Å². The highest BCUT2D eigenvalue weighted by Gasteiger charge is 2.24. The van der Waals surface area contributed by atoms with Gasteiger partial charge in [-0.25, -0.2) is 4.57 Å². The Hall–Kier alpha value is -5.41. The summed E-state index contributed by atoms with van der Waals surface area (Å²) in [6, 6.07) is 34.6. The Kier molecular flexibility index (Phi) is 9.12. The van der Waals surface area contributed by atoms with E-state index < -0.39 is 0 Å². The van der Waals surface area contributed by atoms with Crippen LogP contribution in [0.15, 0.2) is 140 Å². The molecule has 0 atom stereocenters.